The number of rotatable bonds is 5. The molecule has 0 unspecified atom stereocenters. The molecule has 1 fully saturated rings. The average Bonchev–Trinajstić information content (AvgIpc) is 3.30. The first-order valence-corrected chi connectivity index (χ1v) is 10.8. The zero-order valence-electron chi connectivity index (χ0n) is 19.4. The highest BCUT2D eigenvalue weighted by Crippen LogP contribution is 2.29. The molecule has 0 bridgehead atoms. The van der Waals surface area contributed by atoms with Gasteiger partial charge in [-0.3, -0.25) is 4.79 Å². The van der Waals surface area contributed by atoms with Gasteiger partial charge in [0.2, 0.25) is 0 Å². The number of aryl methyl sites for hydroxylation is 1. The third-order valence-electron chi connectivity index (χ3n) is 5.42. The molecule has 2 aromatic heterocycles. The van der Waals surface area contributed by atoms with Gasteiger partial charge in [0, 0.05) is 38.3 Å². The van der Waals surface area contributed by atoms with Crippen molar-refractivity contribution in [1.82, 2.24) is 40.8 Å². The zero-order chi connectivity index (χ0) is 22.7. The molecule has 1 aromatic carbocycles. The number of nitrogens with one attached hydrogen (secondary N) is 2. The summed E-state index contributed by atoms with van der Waals surface area (Å²) in [7, 11) is 0. The molecule has 4 rings (SSSR count). The first-order valence-electron chi connectivity index (χ1n) is 10.8. The number of amides is 1. The normalized spacial score (nSPS) is 14.0. The minimum atomic E-state index is -0.347. The van der Waals surface area contributed by atoms with Gasteiger partial charge in [0.25, 0.3) is 11.7 Å². The Balaban J connectivity index is 0.00000306. The molecule has 33 heavy (non-hydrogen) atoms. The fourth-order valence-electron chi connectivity index (χ4n) is 3.57. The van der Waals surface area contributed by atoms with Crippen LogP contribution in [0.25, 0.3) is 11.3 Å². The molecule has 0 atom stereocenters. The van der Waals surface area contributed by atoms with E-state index >= 15 is 0 Å². The van der Waals surface area contributed by atoms with Crippen molar-refractivity contribution in [2.75, 3.05) is 31.1 Å². The Morgan fingerprint density at radius 2 is 1.97 bits per heavy atom. The van der Waals surface area contributed by atoms with E-state index in [0.717, 1.165) is 54.3 Å². The van der Waals surface area contributed by atoms with Gasteiger partial charge >= 0.3 is 0 Å². The summed E-state index contributed by atoms with van der Waals surface area (Å²) in [6.07, 6.45) is 3.47. The van der Waals surface area contributed by atoms with Gasteiger partial charge in [0.1, 0.15) is 6.33 Å². The van der Waals surface area contributed by atoms with Gasteiger partial charge in [-0.2, -0.15) is 4.80 Å². The largest absolute Gasteiger partial charge is 0.366 e. The lowest BCUT2D eigenvalue weighted by Crippen LogP contribution is -2.43. The fourth-order valence-corrected chi connectivity index (χ4v) is 3.57. The molecular formula is C22H30ClN9O. The van der Waals surface area contributed by atoms with Gasteiger partial charge in [-0.25, -0.2) is 9.97 Å². The number of aromatic nitrogens is 6. The van der Waals surface area contributed by atoms with Crippen molar-refractivity contribution in [2.45, 2.75) is 39.8 Å². The number of nitrogens with zero attached hydrogens (tertiary/aromatic N) is 7. The number of carbonyl (C=O) groups excluding carboxylic acids is 1. The van der Waals surface area contributed by atoms with E-state index in [1.165, 1.54) is 4.80 Å². The summed E-state index contributed by atoms with van der Waals surface area (Å²) in [6, 6.07) is 6.16. The molecule has 1 aliphatic rings. The number of carbonyl (C=O) groups is 1. The van der Waals surface area contributed by atoms with E-state index in [1.807, 2.05) is 46.0 Å². The van der Waals surface area contributed by atoms with Gasteiger partial charge in [0.05, 0.1) is 23.1 Å². The Morgan fingerprint density at radius 1 is 1.21 bits per heavy atom. The molecule has 2 N–H and O–H groups in total. The van der Waals surface area contributed by atoms with E-state index in [2.05, 4.69) is 47.0 Å². The summed E-state index contributed by atoms with van der Waals surface area (Å²) >= 11 is 0. The first kappa shape index (κ1) is 24.5. The highest BCUT2D eigenvalue weighted by molar-refractivity contribution is 5.90. The fraction of sp³-hybridized carbons (Fsp3) is 0.455. The number of hydrogen-bond acceptors (Lipinski definition) is 8. The smallest absolute Gasteiger partial charge is 0.293 e. The third-order valence-corrected chi connectivity index (χ3v) is 5.42. The number of halogens is 1. The topological polar surface area (TPSA) is 114 Å². The zero-order valence-corrected chi connectivity index (χ0v) is 20.2. The van der Waals surface area contributed by atoms with Crippen molar-refractivity contribution >= 4 is 24.0 Å². The quantitative estimate of drug-likeness (QED) is 0.580. The predicted molar refractivity (Wildman–Crippen MR) is 129 cm³/mol. The summed E-state index contributed by atoms with van der Waals surface area (Å²) in [6.45, 7) is 12.0. The van der Waals surface area contributed by atoms with E-state index in [9.17, 15) is 4.79 Å². The monoisotopic (exact) mass is 471 g/mol. The van der Waals surface area contributed by atoms with Crippen molar-refractivity contribution in [2.24, 2.45) is 0 Å². The van der Waals surface area contributed by atoms with Gasteiger partial charge in [-0.1, -0.05) is 12.1 Å². The Bertz CT molecular complexity index is 1100. The minimum absolute atomic E-state index is 0. The maximum Gasteiger partial charge on any atom is 0.293 e. The summed E-state index contributed by atoms with van der Waals surface area (Å²) in [5.41, 5.74) is 4.75. The summed E-state index contributed by atoms with van der Waals surface area (Å²) < 4.78 is 0. The molecule has 1 saturated heterocycles. The molecule has 1 aliphatic heterocycles. The van der Waals surface area contributed by atoms with Crippen molar-refractivity contribution in [3.05, 3.63) is 47.7 Å². The van der Waals surface area contributed by atoms with Crippen LogP contribution in [-0.2, 0) is 12.1 Å². The highest BCUT2D eigenvalue weighted by Gasteiger charge is 2.21. The lowest BCUT2D eigenvalue weighted by Gasteiger charge is -2.30. The maximum absolute atomic E-state index is 12.5. The molecule has 0 saturated carbocycles. The Hall–Kier alpha value is -3.11. The van der Waals surface area contributed by atoms with Crippen LogP contribution < -0.4 is 15.5 Å². The van der Waals surface area contributed by atoms with Crippen molar-refractivity contribution in [3.8, 4) is 11.3 Å². The average molecular weight is 472 g/mol. The molecule has 3 heterocycles. The predicted octanol–water partition coefficient (Wildman–Crippen LogP) is 1.95. The standard InChI is InChI=1S/C22H29N9O.ClH/c1-15-11-16(19-18(13-24-14-26-19)30-9-7-23-8-10-30)5-6-17(15)12-25-21(32)20-27-29-31(28-20)22(2,3)4;/h5-6,11,13-14,23H,7-10,12H2,1-4H3,(H,25,32);1H. The molecule has 11 heteroatoms. The van der Waals surface area contributed by atoms with Crippen molar-refractivity contribution in [3.63, 3.8) is 0 Å². The van der Waals surface area contributed by atoms with E-state index in [1.54, 1.807) is 6.33 Å². The summed E-state index contributed by atoms with van der Waals surface area (Å²) in [5, 5.41) is 18.3. The number of hydrogen-bond donors (Lipinski definition) is 2. The Kier molecular flexibility index (Phi) is 7.60. The van der Waals surface area contributed by atoms with Crippen LogP contribution in [0.15, 0.2) is 30.7 Å². The SMILES string of the molecule is Cc1cc(-c2ncncc2N2CCNCC2)ccc1CNC(=O)c1nnn(C(C)(C)C)n1.Cl. The molecule has 176 valence electrons. The highest BCUT2D eigenvalue weighted by atomic mass is 35.5. The van der Waals surface area contributed by atoms with Crippen LogP contribution in [0.4, 0.5) is 5.69 Å². The second-order valence-electron chi connectivity index (χ2n) is 8.89. The van der Waals surface area contributed by atoms with Gasteiger partial charge in [-0.05, 0) is 50.1 Å². The van der Waals surface area contributed by atoms with Gasteiger partial charge in [0.15, 0.2) is 0 Å². The van der Waals surface area contributed by atoms with Gasteiger partial charge < -0.3 is 15.5 Å². The van der Waals surface area contributed by atoms with E-state index in [4.69, 9.17) is 0 Å². The molecule has 1 amide bonds. The lowest BCUT2D eigenvalue weighted by molar-refractivity contribution is 0.0939. The van der Waals surface area contributed by atoms with Gasteiger partial charge in [-0.15, -0.1) is 22.6 Å². The maximum atomic E-state index is 12.5. The van der Waals surface area contributed by atoms with Crippen LogP contribution in [0.5, 0.6) is 0 Å². The van der Waals surface area contributed by atoms with Crippen LogP contribution in [0.3, 0.4) is 0 Å². The van der Waals surface area contributed by atoms with Crippen LogP contribution >= 0.6 is 12.4 Å². The summed E-state index contributed by atoms with van der Waals surface area (Å²) in [4.78, 5) is 25.0. The molecule has 10 nitrogen and oxygen atoms in total. The minimum Gasteiger partial charge on any atom is -0.366 e. The van der Waals surface area contributed by atoms with Crippen LogP contribution in [-0.4, -0.2) is 62.3 Å². The number of benzene rings is 1. The van der Waals surface area contributed by atoms with Crippen molar-refractivity contribution in [1.29, 1.82) is 0 Å². The molecular weight excluding hydrogens is 442 g/mol. The number of anilines is 1. The second-order valence-corrected chi connectivity index (χ2v) is 8.89. The molecule has 0 aliphatic carbocycles. The van der Waals surface area contributed by atoms with Crippen LogP contribution in [0.1, 0.15) is 42.5 Å². The lowest BCUT2D eigenvalue weighted by atomic mass is 10.0. The van der Waals surface area contributed by atoms with Crippen LogP contribution in [0.2, 0.25) is 0 Å². The Morgan fingerprint density at radius 3 is 2.64 bits per heavy atom. The molecule has 0 radical (unpaired) electrons. The van der Waals surface area contributed by atoms with E-state index in [-0.39, 0.29) is 29.7 Å². The summed E-state index contributed by atoms with van der Waals surface area (Å²) in [5.74, 6) is -0.281. The number of tetrazole rings is 1. The van der Waals surface area contributed by atoms with Crippen molar-refractivity contribution < 1.29 is 4.79 Å². The molecule has 0 spiro atoms. The van der Waals surface area contributed by atoms with E-state index < -0.39 is 0 Å². The third kappa shape index (κ3) is 5.63. The van der Waals surface area contributed by atoms with E-state index in [0.29, 0.717) is 6.54 Å². The van der Waals surface area contributed by atoms with Crippen LogP contribution in [0, 0.1) is 6.92 Å². The Labute approximate surface area is 199 Å². The molecule has 3 aromatic rings. The number of piperazine rings is 1. The first-order chi connectivity index (χ1) is 15.3. The second kappa shape index (κ2) is 10.2.